The minimum atomic E-state index is 0.186. The molecule has 94 valence electrons. The summed E-state index contributed by atoms with van der Waals surface area (Å²) in [5.74, 6) is 0.645. The van der Waals surface area contributed by atoms with Crippen LogP contribution in [0.5, 0.6) is 0 Å². The fourth-order valence-electron chi connectivity index (χ4n) is 1.90. The highest BCUT2D eigenvalue weighted by Gasteiger charge is 2.10. The van der Waals surface area contributed by atoms with Crippen molar-refractivity contribution in [2.24, 2.45) is 0 Å². The normalized spacial score (nSPS) is 12.2. The molecule has 1 heterocycles. The Labute approximate surface area is 116 Å². The number of hydrogen-bond acceptors (Lipinski definition) is 3. The molecule has 18 heavy (non-hydrogen) atoms. The van der Waals surface area contributed by atoms with Crippen LogP contribution in [0.15, 0.2) is 35.1 Å². The second kappa shape index (κ2) is 5.48. The van der Waals surface area contributed by atoms with E-state index in [1.165, 1.54) is 16.7 Å². The summed E-state index contributed by atoms with van der Waals surface area (Å²) in [5.41, 5.74) is 3.90. The van der Waals surface area contributed by atoms with Gasteiger partial charge in [-0.2, -0.15) is 0 Å². The van der Waals surface area contributed by atoms with Crippen LogP contribution in [-0.2, 0) is 0 Å². The van der Waals surface area contributed by atoms with Crippen LogP contribution in [0.1, 0.15) is 29.7 Å². The molecule has 0 aliphatic heterocycles. The zero-order valence-electron chi connectivity index (χ0n) is 10.7. The molecule has 2 rings (SSSR count). The van der Waals surface area contributed by atoms with Gasteiger partial charge < -0.3 is 5.32 Å². The Morgan fingerprint density at radius 3 is 2.50 bits per heavy atom. The molecule has 0 radical (unpaired) electrons. The van der Waals surface area contributed by atoms with E-state index < -0.39 is 0 Å². The van der Waals surface area contributed by atoms with Crippen LogP contribution >= 0.6 is 15.9 Å². The zero-order chi connectivity index (χ0) is 13.1. The molecule has 1 aromatic heterocycles. The van der Waals surface area contributed by atoms with Crippen molar-refractivity contribution >= 4 is 21.9 Å². The van der Waals surface area contributed by atoms with Crippen molar-refractivity contribution in [3.63, 3.8) is 0 Å². The molecule has 0 saturated heterocycles. The fraction of sp³-hybridized carbons (Fsp3) is 0.286. The van der Waals surface area contributed by atoms with Crippen molar-refractivity contribution in [1.29, 1.82) is 0 Å². The quantitative estimate of drug-likeness (QED) is 0.930. The van der Waals surface area contributed by atoms with Gasteiger partial charge in [0.05, 0.1) is 10.5 Å². The molecular weight excluding hydrogens is 290 g/mol. The molecule has 0 amide bonds. The lowest BCUT2D eigenvalue weighted by molar-refractivity contribution is 0.848. The number of rotatable bonds is 3. The van der Waals surface area contributed by atoms with Gasteiger partial charge in [-0.05, 0) is 53.4 Å². The van der Waals surface area contributed by atoms with E-state index in [9.17, 15) is 0 Å². The number of halogens is 1. The summed E-state index contributed by atoms with van der Waals surface area (Å²) in [5, 5.41) is 3.31. The Kier molecular flexibility index (Phi) is 3.97. The first-order valence-corrected chi connectivity index (χ1v) is 6.67. The minimum Gasteiger partial charge on any atom is -0.348 e. The van der Waals surface area contributed by atoms with E-state index in [0.717, 1.165) is 4.47 Å². The third-order valence-corrected chi connectivity index (χ3v) is 3.49. The average Bonchev–Trinajstić information content (AvgIpc) is 2.35. The summed E-state index contributed by atoms with van der Waals surface area (Å²) in [6, 6.07) is 6.53. The Morgan fingerprint density at radius 1 is 1.17 bits per heavy atom. The van der Waals surface area contributed by atoms with Crippen LogP contribution < -0.4 is 5.32 Å². The maximum Gasteiger partial charge on any atom is 0.223 e. The van der Waals surface area contributed by atoms with E-state index in [4.69, 9.17) is 0 Å². The van der Waals surface area contributed by atoms with Crippen LogP contribution in [-0.4, -0.2) is 9.97 Å². The zero-order valence-corrected chi connectivity index (χ0v) is 12.3. The highest BCUT2D eigenvalue weighted by atomic mass is 79.9. The first-order valence-electron chi connectivity index (χ1n) is 5.88. The van der Waals surface area contributed by atoms with E-state index in [1.54, 1.807) is 12.4 Å². The van der Waals surface area contributed by atoms with Gasteiger partial charge in [-0.3, -0.25) is 0 Å². The van der Waals surface area contributed by atoms with E-state index >= 15 is 0 Å². The van der Waals surface area contributed by atoms with Crippen LogP contribution in [0.2, 0.25) is 0 Å². The molecule has 0 fully saturated rings. The molecule has 0 spiro atoms. The number of benzene rings is 1. The minimum absolute atomic E-state index is 0.186. The number of aromatic nitrogens is 2. The van der Waals surface area contributed by atoms with Crippen LogP contribution in [0, 0.1) is 13.8 Å². The molecule has 0 bridgehead atoms. The molecule has 0 aliphatic rings. The predicted molar refractivity (Wildman–Crippen MR) is 77.7 cm³/mol. The standard InChI is InChI=1S/C14H16BrN3/c1-9-5-4-6-13(10(9)2)11(3)18-14-16-7-12(15)8-17-14/h4-8,11H,1-3H3,(H,16,17,18). The van der Waals surface area contributed by atoms with Gasteiger partial charge >= 0.3 is 0 Å². The summed E-state index contributed by atoms with van der Waals surface area (Å²) < 4.78 is 0.882. The summed E-state index contributed by atoms with van der Waals surface area (Å²) in [7, 11) is 0. The van der Waals surface area contributed by atoms with Crippen molar-refractivity contribution in [3.8, 4) is 0 Å². The third-order valence-electron chi connectivity index (χ3n) is 3.08. The molecule has 3 nitrogen and oxygen atoms in total. The van der Waals surface area contributed by atoms with Crippen LogP contribution in [0.25, 0.3) is 0 Å². The highest BCUT2D eigenvalue weighted by Crippen LogP contribution is 2.22. The van der Waals surface area contributed by atoms with Crippen molar-refractivity contribution in [1.82, 2.24) is 9.97 Å². The second-order valence-corrected chi connectivity index (χ2v) is 5.30. The lowest BCUT2D eigenvalue weighted by atomic mass is 9.98. The van der Waals surface area contributed by atoms with Gasteiger partial charge in [0.15, 0.2) is 0 Å². The SMILES string of the molecule is Cc1cccc(C(C)Nc2ncc(Br)cn2)c1C. The van der Waals surface area contributed by atoms with Gasteiger partial charge in [-0.15, -0.1) is 0 Å². The number of anilines is 1. The molecule has 1 atom stereocenters. The Bertz CT molecular complexity index is 537. The van der Waals surface area contributed by atoms with E-state index in [1.807, 2.05) is 0 Å². The third kappa shape index (κ3) is 2.88. The van der Waals surface area contributed by atoms with Gasteiger partial charge in [0.1, 0.15) is 0 Å². The summed E-state index contributed by atoms with van der Waals surface area (Å²) >= 11 is 3.32. The Morgan fingerprint density at radius 2 is 1.83 bits per heavy atom. The Hall–Kier alpha value is -1.42. The summed E-state index contributed by atoms with van der Waals surface area (Å²) in [6.45, 7) is 6.39. The molecular formula is C14H16BrN3. The van der Waals surface area contributed by atoms with Gasteiger partial charge in [0.25, 0.3) is 0 Å². The van der Waals surface area contributed by atoms with Crippen molar-refractivity contribution < 1.29 is 0 Å². The van der Waals surface area contributed by atoms with E-state index in [2.05, 4.69) is 70.2 Å². The predicted octanol–water partition coefficient (Wildman–Crippen LogP) is 4.03. The second-order valence-electron chi connectivity index (χ2n) is 4.38. The molecule has 1 N–H and O–H groups in total. The molecule has 0 saturated carbocycles. The van der Waals surface area contributed by atoms with Crippen molar-refractivity contribution in [3.05, 3.63) is 51.8 Å². The number of nitrogens with one attached hydrogen (secondary N) is 1. The lowest BCUT2D eigenvalue weighted by Gasteiger charge is -2.17. The number of nitrogens with zero attached hydrogens (tertiary/aromatic N) is 2. The highest BCUT2D eigenvalue weighted by molar-refractivity contribution is 9.10. The number of hydrogen-bond donors (Lipinski definition) is 1. The van der Waals surface area contributed by atoms with Crippen LogP contribution in [0.4, 0.5) is 5.95 Å². The monoisotopic (exact) mass is 305 g/mol. The van der Waals surface area contributed by atoms with E-state index in [-0.39, 0.29) is 6.04 Å². The van der Waals surface area contributed by atoms with Crippen LogP contribution in [0.3, 0.4) is 0 Å². The van der Waals surface area contributed by atoms with Crippen molar-refractivity contribution in [2.45, 2.75) is 26.8 Å². The maximum atomic E-state index is 4.23. The molecule has 2 aromatic rings. The summed E-state index contributed by atoms with van der Waals surface area (Å²) in [6.07, 6.45) is 3.48. The van der Waals surface area contributed by atoms with Gasteiger partial charge in [0, 0.05) is 12.4 Å². The van der Waals surface area contributed by atoms with Gasteiger partial charge in [0.2, 0.25) is 5.95 Å². The fourth-order valence-corrected chi connectivity index (χ4v) is 2.11. The molecule has 1 unspecified atom stereocenters. The molecule has 0 aliphatic carbocycles. The van der Waals surface area contributed by atoms with Gasteiger partial charge in [-0.1, -0.05) is 18.2 Å². The largest absolute Gasteiger partial charge is 0.348 e. The lowest BCUT2D eigenvalue weighted by Crippen LogP contribution is -2.11. The molecule has 1 aromatic carbocycles. The average molecular weight is 306 g/mol. The Balaban J connectivity index is 2.19. The first kappa shape index (κ1) is 13.0. The van der Waals surface area contributed by atoms with E-state index in [0.29, 0.717) is 5.95 Å². The number of aryl methyl sites for hydroxylation is 1. The first-order chi connectivity index (χ1) is 8.58. The van der Waals surface area contributed by atoms with Gasteiger partial charge in [-0.25, -0.2) is 9.97 Å². The summed E-state index contributed by atoms with van der Waals surface area (Å²) in [4.78, 5) is 8.45. The molecule has 4 heteroatoms. The maximum absolute atomic E-state index is 4.23. The topological polar surface area (TPSA) is 37.8 Å². The van der Waals surface area contributed by atoms with Crippen molar-refractivity contribution in [2.75, 3.05) is 5.32 Å². The smallest absolute Gasteiger partial charge is 0.223 e.